The minimum absolute atomic E-state index is 0.0968. The van der Waals surface area contributed by atoms with Crippen LogP contribution in [0, 0.1) is 0 Å². The molecule has 7 heteroatoms. The number of carbonyl (C=O) groups is 3. The highest BCUT2D eigenvalue weighted by Crippen LogP contribution is 2.18. The number of carbonyl (C=O) groups excluding carboxylic acids is 3. The maximum atomic E-state index is 11.8. The third-order valence-electron chi connectivity index (χ3n) is 3.31. The van der Waals surface area contributed by atoms with Gasteiger partial charge in [-0.1, -0.05) is 30.3 Å². The van der Waals surface area contributed by atoms with Crippen LogP contribution in [-0.4, -0.2) is 36.5 Å². The first kappa shape index (κ1) is 16.8. The van der Waals surface area contributed by atoms with Crippen molar-refractivity contribution in [2.75, 3.05) is 6.54 Å². The minimum atomic E-state index is -0.785. The van der Waals surface area contributed by atoms with Gasteiger partial charge in [0.2, 0.25) is 11.8 Å². The minimum Gasteiger partial charge on any atom is -0.445 e. The van der Waals surface area contributed by atoms with E-state index in [1.165, 1.54) is 6.92 Å². The van der Waals surface area contributed by atoms with Crippen LogP contribution in [0.25, 0.3) is 0 Å². The smallest absolute Gasteiger partial charge is 0.408 e. The third kappa shape index (κ3) is 6.37. The summed E-state index contributed by atoms with van der Waals surface area (Å²) in [7, 11) is 0. The van der Waals surface area contributed by atoms with Crippen molar-refractivity contribution in [2.45, 2.75) is 38.5 Å². The molecule has 124 valence electrons. The molecule has 3 N–H and O–H groups in total. The number of hydrogen-bond donors (Lipinski definition) is 3. The number of amides is 3. The summed E-state index contributed by atoms with van der Waals surface area (Å²) in [6, 6.07) is 8.70. The van der Waals surface area contributed by atoms with Crippen molar-refractivity contribution in [2.24, 2.45) is 0 Å². The predicted octanol–water partition coefficient (Wildman–Crippen LogP) is 0.696. The number of alkyl carbamates (subject to hydrolysis) is 1. The van der Waals surface area contributed by atoms with Gasteiger partial charge < -0.3 is 20.7 Å². The Bertz CT molecular complexity index is 558. The van der Waals surface area contributed by atoms with Crippen molar-refractivity contribution >= 4 is 17.9 Å². The molecule has 0 spiro atoms. The molecular weight excluding hydrogens is 298 g/mol. The molecule has 1 atom stereocenters. The van der Waals surface area contributed by atoms with Crippen molar-refractivity contribution in [3.8, 4) is 0 Å². The Labute approximate surface area is 134 Å². The van der Waals surface area contributed by atoms with Gasteiger partial charge in [0, 0.05) is 6.04 Å². The van der Waals surface area contributed by atoms with E-state index in [4.69, 9.17) is 4.74 Å². The van der Waals surface area contributed by atoms with Gasteiger partial charge in [0.05, 0.1) is 6.54 Å². The van der Waals surface area contributed by atoms with E-state index in [1.807, 2.05) is 30.3 Å². The number of rotatable bonds is 7. The van der Waals surface area contributed by atoms with E-state index < -0.39 is 18.0 Å². The molecule has 1 aliphatic carbocycles. The molecule has 3 amide bonds. The highest BCUT2D eigenvalue weighted by atomic mass is 16.5. The summed E-state index contributed by atoms with van der Waals surface area (Å²) >= 11 is 0. The molecule has 7 nitrogen and oxygen atoms in total. The predicted molar refractivity (Wildman–Crippen MR) is 83.4 cm³/mol. The summed E-state index contributed by atoms with van der Waals surface area (Å²) in [5.41, 5.74) is 0.858. The van der Waals surface area contributed by atoms with E-state index in [2.05, 4.69) is 16.0 Å². The van der Waals surface area contributed by atoms with Gasteiger partial charge >= 0.3 is 6.09 Å². The zero-order valence-electron chi connectivity index (χ0n) is 13.0. The van der Waals surface area contributed by atoms with Crippen molar-refractivity contribution in [3.05, 3.63) is 35.9 Å². The molecule has 1 aromatic carbocycles. The number of benzene rings is 1. The first-order valence-electron chi connectivity index (χ1n) is 7.59. The summed E-state index contributed by atoms with van der Waals surface area (Å²) in [5.74, 6) is -0.660. The van der Waals surface area contributed by atoms with Gasteiger partial charge in [-0.15, -0.1) is 0 Å². The fraction of sp³-hybridized carbons (Fsp3) is 0.438. The van der Waals surface area contributed by atoms with Gasteiger partial charge in [0.1, 0.15) is 12.6 Å². The standard InChI is InChI=1S/C16H21N3O4/c1-11(15(21)17-9-14(20)19-13-7-8-13)18-16(22)23-10-12-5-3-2-4-6-12/h2-6,11,13H,7-10H2,1H3,(H,17,21)(H,18,22)(H,19,20)/t11-/m0/s1. The Hall–Kier alpha value is -2.57. The van der Waals surface area contributed by atoms with E-state index in [0.29, 0.717) is 0 Å². The van der Waals surface area contributed by atoms with Crippen molar-refractivity contribution in [3.63, 3.8) is 0 Å². The van der Waals surface area contributed by atoms with Crippen LogP contribution in [0.15, 0.2) is 30.3 Å². The third-order valence-corrected chi connectivity index (χ3v) is 3.31. The van der Waals surface area contributed by atoms with Gasteiger partial charge in [0.15, 0.2) is 0 Å². The lowest BCUT2D eigenvalue weighted by atomic mass is 10.2. The lowest BCUT2D eigenvalue weighted by molar-refractivity contribution is -0.127. The van der Waals surface area contributed by atoms with E-state index in [-0.39, 0.29) is 25.1 Å². The topological polar surface area (TPSA) is 96.5 Å². The first-order valence-corrected chi connectivity index (χ1v) is 7.59. The second kappa shape index (κ2) is 8.17. The summed E-state index contributed by atoms with van der Waals surface area (Å²) in [6.07, 6.45) is 1.30. The van der Waals surface area contributed by atoms with E-state index in [9.17, 15) is 14.4 Å². The van der Waals surface area contributed by atoms with Crippen LogP contribution in [0.3, 0.4) is 0 Å². The molecular formula is C16H21N3O4. The Morgan fingerprint density at radius 3 is 2.57 bits per heavy atom. The Balaban J connectivity index is 1.63. The molecule has 1 aromatic rings. The molecule has 0 aliphatic heterocycles. The number of hydrogen-bond acceptors (Lipinski definition) is 4. The summed E-state index contributed by atoms with van der Waals surface area (Å²) in [6.45, 7) is 1.56. The van der Waals surface area contributed by atoms with Crippen LogP contribution in [0.2, 0.25) is 0 Å². The highest BCUT2D eigenvalue weighted by molar-refractivity contribution is 5.89. The average molecular weight is 319 g/mol. The van der Waals surface area contributed by atoms with Crippen LogP contribution in [0.5, 0.6) is 0 Å². The van der Waals surface area contributed by atoms with Crippen LogP contribution in [0.4, 0.5) is 4.79 Å². The van der Waals surface area contributed by atoms with Crippen LogP contribution in [0.1, 0.15) is 25.3 Å². The summed E-state index contributed by atoms with van der Waals surface area (Å²) in [5, 5.41) is 7.66. The molecule has 1 aliphatic rings. The molecule has 2 rings (SSSR count). The quantitative estimate of drug-likeness (QED) is 0.689. The number of nitrogens with one attached hydrogen (secondary N) is 3. The van der Waals surface area contributed by atoms with Crippen LogP contribution < -0.4 is 16.0 Å². The fourth-order valence-corrected chi connectivity index (χ4v) is 1.83. The van der Waals surface area contributed by atoms with Crippen molar-refractivity contribution < 1.29 is 19.1 Å². The summed E-state index contributed by atoms with van der Waals surface area (Å²) < 4.78 is 5.03. The monoisotopic (exact) mass is 319 g/mol. The van der Waals surface area contributed by atoms with E-state index in [0.717, 1.165) is 18.4 Å². The van der Waals surface area contributed by atoms with E-state index >= 15 is 0 Å². The molecule has 0 unspecified atom stereocenters. The van der Waals surface area contributed by atoms with E-state index in [1.54, 1.807) is 0 Å². The molecule has 0 heterocycles. The number of ether oxygens (including phenoxy) is 1. The normalized spacial score (nSPS) is 14.5. The second-order valence-corrected chi connectivity index (χ2v) is 5.49. The van der Waals surface area contributed by atoms with Crippen LogP contribution >= 0.6 is 0 Å². The molecule has 23 heavy (non-hydrogen) atoms. The maximum Gasteiger partial charge on any atom is 0.408 e. The lowest BCUT2D eigenvalue weighted by Crippen LogP contribution is -2.47. The average Bonchev–Trinajstić information content (AvgIpc) is 3.35. The zero-order valence-corrected chi connectivity index (χ0v) is 13.0. The molecule has 1 saturated carbocycles. The molecule has 0 aromatic heterocycles. The van der Waals surface area contributed by atoms with Gasteiger partial charge in [-0.25, -0.2) is 4.79 Å². The first-order chi connectivity index (χ1) is 11.0. The Kier molecular flexibility index (Phi) is 5.96. The Morgan fingerprint density at radius 2 is 1.91 bits per heavy atom. The fourth-order valence-electron chi connectivity index (χ4n) is 1.83. The second-order valence-electron chi connectivity index (χ2n) is 5.49. The molecule has 0 bridgehead atoms. The van der Waals surface area contributed by atoms with Crippen molar-refractivity contribution in [1.29, 1.82) is 0 Å². The van der Waals surface area contributed by atoms with Crippen molar-refractivity contribution in [1.82, 2.24) is 16.0 Å². The Morgan fingerprint density at radius 1 is 1.22 bits per heavy atom. The molecule has 0 radical (unpaired) electrons. The molecule has 0 saturated heterocycles. The largest absolute Gasteiger partial charge is 0.445 e. The van der Waals surface area contributed by atoms with Gasteiger partial charge in [-0.05, 0) is 25.3 Å². The van der Waals surface area contributed by atoms with Gasteiger partial charge in [-0.2, -0.15) is 0 Å². The van der Waals surface area contributed by atoms with Gasteiger partial charge in [-0.3, -0.25) is 9.59 Å². The highest BCUT2D eigenvalue weighted by Gasteiger charge is 2.23. The van der Waals surface area contributed by atoms with Crippen LogP contribution in [-0.2, 0) is 20.9 Å². The summed E-state index contributed by atoms with van der Waals surface area (Å²) in [4.78, 5) is 34.9. The zero-order chi connectivity index (χ0) is 16.7. The molecule has 1 fully saturated rings. The SMILES string of the molecule is C[C@H](NC(=O)OCc1ccccc1)C(=O)NCC(=O)NC1CC1. The maximum absolute atomic E-state index is 11.8. The van der Waals surface area contributed by atoms with Gasteiger partial charge in [0.25, 0.3) is 0 Å². The lowest BCUT2D eigenvalue weighted by Gasteiger charge is -2.14.